The summed E-state index contributed by atoms with van der Waals surface area (Å²) in [7, 11) is 2.82. The summed E-state index contributed by atoms with van der Waals surface area (Å²) in [4.78, 5) is 4.23. The van der Waals surface area contributed by atoms with E-state index in [0.29, 0.717) is 22.8 Å². The van der Waals surface area contributed by atoms with Gasteiger partial charge in [0.2, 0.25) is 5.95 Å². The molecule has 1 aliphatic heterocycles. The second kappa shape index (κ2) is 6.63. The molecule has 1 atom stereocenters. The molecule has 0 saturated heterocycles. The molecule has 4 rings (SSSR count). The van der Waals surface area contributed by atoms with E-state index in [-0.39, 0.29) is 11.5 Å². The van der Waals surface area contributed by atoms with Crippen LogP contribution in [-0.4, -0.2) is 29.0 Å². The van der Waals surface area contributed by atoms with E-state index in [4.69, 9.17) is 9.47 Å². The fourth-order valence-corrected chi connectivity index (χ4v) is 3.28. The summed E-state index contributed by atoms with van der Waals surface area (Å²) in [6, 6.07) is 9.40. The van der Waals surface area contributed by atoms with Crippen LogP contribution in [-0.2, 0) is 5.54 Å². The van der Waals surface area contributed by atoms with Gasteiger partial charge in [-0.05, 0) is 48.9 Å². The lowest BCUT2D eigenvalue weighted by Crippen LogP contribution is -2.35. The van der Waals surface area contributed by atoms with Gasteiger partial charge in [0.15, 0.2) is 23.1 Å². The normalized spacial score (nSPS) is 18.1. The monoisotopic (exact) mass is 384 g/mol. The Morgan fingerprint density at radius 2 is 1.68 bits per heavy atom. The number of ether oxygens (including phenoxy) is 2. The van der Waals surface area contributed by atoms with Crippen LogP contribution >= 0.6 is 0 Å². The number of nitrogens with zero attached hydrogens (tertiary/aromatic N) is 3. The van der Waals surface area contributed by atoms with E-state index in [2.05, 4.69) is 15.4 Å². The highest BCUT2D eigenvalue weighted by atomic mass is 19.1. The maximum absolute atomic E-state index is 14.3. The fourth-order valence-electron chi connectivity index (χ4n) is 3.28. The number of hydrogen-bond donors (Lipinski definition) is 1. The van der Waals surface area contributed by atoms with Crippen molar-refractivity contribution in [3.8, 4) is 11.5 Å². The molecule has 0 spiro atoms. The largest absolute Gasteiger partial charge is 0.494 e. The summed E-state index contributed by atoms with van der Waals surface area (Å²) in [5, 5.41) is 7.48. The molecule has 2 aromatic carbocycles. The molecular formula is C20H18F2N4O2. The number of anilines is 1. The van der Waals surface area contributed by atoms with Gasteiger partial charge in [-0.1, -0.05) is 6.07 Å². The Morgan fingerprint density at radius 3 is 2.32 bits per heavy atom. The summed E-state index contributed by atoms with van der Waals surface area (Å²) >= 11 is 0. The van der Waals surface area contributed by atoms with Crippen molar-refractivity contribution in [3.05, 3.63) is 71.6 Å². The lowest BCUT2D eigenvalue weighted by atomic mass is 9.88. The Labute approximate surface area is 160 Å². The fraction of sp³-hybridized carbons (Fsp3) is 0.200. The Balaban J connectivity index is 1.85. The molecule has 0 fully saturated rings. The minimum atomic E-state index is -0.804. The van der Waals surface area contributed by atoms with E-state index in [1.165, 1.54) is 32.7 Å². The van der Waals surface area contributed by atoms with Gasteiger partial charge in [0.05, 0.1) is 25.5 Å². The highest BCUT2D eigenvalue weighted by Crippen LogP contribution is 2.37. The smallest absolute Gasteiger partial charge is 0.226 e. The lowest BCUT2D eigenvalue weighted by molar-refractivity contribution is 0.385. The quantitative estimate of drug-likeness (QED) is 0.741. The molecule has 28 heavy (non-hydrogen) atoms. The van der Waals surface area contributed by atoms with Gasteiger partial charge in [-0.3, -0.25) is 0 Å². The van der Waals surface area contributed by atoms with E-state index < -0.39 is 17.2 Å². The summed E-state index contributed by atoms with van der Waals surface area (Å²) in [6.07, 6.45) is 3.26. The van der Waals surface area contributed by atoms with Gasteiger partial charge in [0.1, 0.15) is 6.33 Å². The number of hydrogen-bond acceptors (Lipinski definition) is 5. The van der Waals surface area contributed by atoms with Crippen molar-refractivity contribution in [2.45, 2.75) is 12.5 Å². The highest BCUT2D eigenvalue weighted by Gasteiger charge is 2.33. The maximum Gasteiger partial charge on any atom is 0.226 e. The van der Waals surface area contributed by atoms with Gasteiger partial charge in [-0.2, -0.15) is 14.8 Å². The SMILES string of the molecule is COc1ccc(C2=CC(C)(c3ccc(OC)c(F)c3)Nc3ncnn32)cc1F. The summed E-state index contributed by atoms with van der Waals surface area (Å²) < 4.78 is 40.1. The lowest BCUT2D eigenvalue weighted by Gasteiger charge is -2.34. The molecule has 0 radical (unpaired) electrons. The van der Waals surface area contributed by atoms with Gasteiger partial charge in [0.25, 0.3) is 0 Å². The van der Waals surface area contributed by atoms with Crippen LogP contribution < -0.4 is 14.8 Å². The van der Waals surface area contributed by atoms with E-state index >= 15 is 0 Å². The van der Waals surface area contributed by atoms with E-state index in [1.54, 1.807) is 28.9 Å². The third-order valence-corrected chi connectivity index (χ3v) is 4.77. The minimum absolute atomic E-state index is 0.150. The topological polar surface area (TPSA) is 61.2 Å². The van der Waals surface area contributed by atoms with Crippen LogP contribution in [0.3, 0.4) is 0 Å². The van der Waals surface area contributed by atoms with Gasteiger partial charge in [-0.15, -0.1) is 0 Å². The maximum atomic E-state index is 14.3. The number of rotatable bonds is 4. The van der Waals surface area contributed by atoms with Crippen molar-refractivity contribution in [1.29, 1.82) is 0 Å². The molecule has 0 saturated carbocycles. The zero-order valence-corrected chi connectivity index (χ0v) is 15.5. The third kappa shape index (κ3) is 2.87. The zero-order valence-electron chi connectivity index (χ0n) is 15.5. The molecule has 0 bridgehead atoms. The number of benzene rings is 2. The summed E-state index contributed by atoms with van der Waals surface area (Å²) in [6.45, 7) is 1.88. The zero-order chi connectivity index (χ0) is 19.9. The predicted octanol–water partition coefficient (Wildman–Crippen LogP) is 3.80. The molecule has 3 aromatic rings. The highest BCUT2D eigenvalue weighted by molar-refractivity contribution is 5.73. The van der Waals surface area contributed by atoms with Crippen LogP contribution in [0, 0.1) is 11.6 Å². The van der Waals surface area contributed by atoms with Crippen molar-refractivity contribution >= 4 is 11.6 Å². The van der Waals surface area contributed by atoms with E-state index in [9.17, 15) is 8.78 Å². The first kappa shape index (κ1) is 18.0. The minimum Gasteiger partial charge on any atom is -0.494 e. The van der Waals surface area contributed by atoms with Crippen LogP contribution in [0.2, 0.25) is 0 Å². The Bertz CT molecular complexity index is 1080. The second-order valence-electron chi connectivity index (χ2n) is 6.55. The molecule has 2 heterocycles. The van der Waals surface area contributed by atoms with Crippen molar-refractivity contribution in [2.24, 2.45) is 0 Å². The Morgan fingerprint density at radius 1 is 1.00 bits per heavy atom. The van der Waals surface area contributed by atoms with Gasteiger partial charge in [0, 0.05) is 5.56 Å². The molecule has 6 nitrogen and oxygen atoms in total. The molecular weight excluding hydrogens is 366 g/mol. The molecule has 1 unspecified atom stereocenters. The summed E-state index contributed by atoms with van der Waals surface area (Å²) in [5.74, 6) is -0.184. The van der Waals surface area contributed by atoms with E-state index in [1.807, 2.05) is 13.0 Å². The van der Waals surface area contributed by atoms with Crippen LogP contribution in [0.1, 0.15) is 18.1 Å². The number of aromatic nitrogens is 3. The Hall–Kier alpha value is -3.42. The number of halogens is 2. The Kier molecular flexibility index (Phi) is 4.26. The van der Waals surface area contributed by atoms with Crippen LogP contribution in [0.25, 0.3) is 5.70 Å². The standard InChI is InChI=1S/C20H18F2N4O2/c1-20(13-5-7-18(28-3)15(22)9-13)10-16(26-19(25-20)23-11-24-26)12-4-6-17(27-2)14(21)8-12/h4-11H,1-3H3,(H,23,24,25). The number of nitrogens with one attached hydrogen (secondary N) is 1. The first-order chi connectivity index (χ1) is 13.4. The average Bonchev–Trinajstić information content (AvgIpc) is 3.15. The van der Waals surface area contributed by atoms with Gasteiger partial charge < -0.3 is 14.8 Å². The molecule has 1 N–H and O–H groups in total. The van der Waals surface area contributed by atoms with Crippen molar-refractivity contribution < 1.29 is 18.3 Å². The first-order valence-corrected chi connectivity index (χ1v) is 8.54. The van der Waals surface area contributed by atoms with Crippen molar-refractivity contribution in [1.82, 2.24) is 14.8 Å². The van der Waals surface area contributed by atoms with Crippen molar-refractivity contribution in [3.63, 3.8) is 0 Å². The second-order valence-corrected chi connectivity index (χ2v) is 6.55. The van der Waals surface area contributed by atoms with Crippen LogP contribution in [0.5, 0.6) is 11.5 Å². The first-order valence-electron chi connectivity index (χ1n) is 8.54. The molecule has 0 aliphatic carbocycles. The molecule has 1 aromatic heterocycles. The average molecular weight is 384 g/mol. The third-order valence-electron chi connectivity index (χ3n) is 4.77. The molecule has 1 aliphatic rings. The predicted molar refractivity (Wildman–Crippen MR) is 100 cm³/mol. The molecule has 8 heteroatoms. The van der Waals surface area contributed by atoms with Crippen LogP contribution in [0.15, 0.2) is 48.8 Å². The van der Waals surface area contributed by atoms with Gasteiger partial charge in [-0.25, -0.2) is 8.78 Å². The summed E-state index contributed by atoms with van der Waals surface area (Å²) in [5.41, 5.74) is 1.06. The number of methoxy groups -OCH3 is 2. The molecule has 0 amide bonds. The van der Waals surface area contributed by atoms with Gasteiger partial charge >= 0.3 is 0 Å². The van der Waals surface area contributed by atoms with Crippen LogP contribution in [0.4, 0.5) is 14.7 Å². The van der Waals surface area contributed by atoms with E-state index in [0.717, 1.165) is 0 Å². The molecule has 144 valence electrons. The van der Waals surface area contributed by atoms with Crippen molar-refractivity contribution in [2.75, 3.05) is 19.5 Å². The number of fused-ring (bicyclic) bond motifs is 1.